The normalized spacial score (nSPS) is 19.7. The first-order valence-corrected chi connectivity index (χ1v) is 5.37. The van der Waals surface area contributed by atoms with Crippen molar-refractivity contribution >= 4 is 11.7 Å². The van der Waals surface area contributed by atoms with Crippen LogP contribution < -0.4 is 10.6 Å². The van der Waals surface area contributed by atoms with Gasteiger partial charge >= 0.3 is 0 Å². The van der Waals surface area contributed by atoms with Crippen molar-refractivity contribution in [1.29, 1.82) is 0 Å². The van der Waals surface area contributed by atoms with E-state index in [9.17, 15) is 9.90 Å². The van der Waals surface area contributed by atoms with Gasteiger partial charge in [-0.2, -0.15) is 0 Å². The van der Waals surface area contributed by atoms with Crippen LogP contribution in [0.3, 0.4) is 0 Å². The highest BCUT2D eigenvalue weighted by molar-refractivity contribution is 5.95. The van der Waals surface area contributed by atoms with E-state index < -0.39 is 0 Å². The molecule has 1 aromatic heterocycles. The van der Waals surface area contributed by atoms with Crippen LogP contribution >= 0.6 is 0 Å². The van der Waals surface area contributed by atoms with Crippen LogP contribution in [0, 0.1) is 6.92 Å². The smallest absolute Gasteiger partial charge is 0.242 e. The molecule has 2 heterocycles. The summed E-state index contributed by atoms with van der Waals surface area (Å²) in [5, 5.41) is 15.4. The number of aromatic hydroxyl groups is 1. The Labute approximate surface area is 93.9 Å². The molecular formula is C11H15N3O2. The van der Waals surface area contributed by atoms with Crippen molar-refractivity contribution in [3.8, 4) is 5.75 Å². The molecule has 0 spiro atoms. The highest BCUT2D eigenvalue weighted by Crippen LogP contribution is 2.24. The first kappa shape index (κ1) is 10.9. The van der Waals surface area contributed by atoms with E-state index in [4.69, 9.17) is 0 Å². The lowest BCUT2D eigenvalue weighted by atomic mass is 10.2. The number of hydrogen-bond acceptors (Lipinski definition) is 4. The van der Waals surface area contributed by atoms with Gasteiger partial charge in [0.1, 0.15) is 0 Å². The Balaban J connectivity index is 2.08. The van der Waals surface area contributed by atoms with Gasteiger partial charge in [-0.3, -0.25) is 4.79 Å². The van der Waals surface area contributed by atoms with Crippen molar-refractivity contribution < 1.29 is 9.90 Å². The Hall–Kier alpha value is -1.62. The van der Waals surface area contributed by atoms with Crippen molar-refractivity contribution in [2.45, 2.75) is 25.8 Å². The summed E-state index contributed by atoms with van der Waals surface area (Å²) in [6.45, 7) is 2.63. The fourth-order valence-electron chi connectivity index (χ4n) is 1.75. The molecule has 1 fully saturated rings. The number of pyridine rings is 1. The van der Waals surface area contributed by atoms with E-state index in [-0.39, 0.29) is 23.5 Å². The minimum atomic E-state index is -0.165. The number of nitrogens with one attached hydrogen (secondary N) is 2. The zero-order valence-corrected chi connectivity index (χ0v) is 9.16. The number of anilines is 1. The number of aromatic nitrogens is 1. The molecular weight excluding hydrogens is 206 g/mol. The van der Waals surface area contributed by atoms with Crippen molar-refractivity contribution in [3.05, 3.63) is 17.8 Å². The average Bonchev–Trinajstić information content (AvgIpc) is 2.78. The van der Waals surface area contributed by atoms with Crippen LogP contribution in [-0.4, -0.2) is 28.6 Å². The van der Waals surface area contributed by atoms with E-state index in [2.05, 4.69) is 15.6 Å². The van der Waals surface area contributed by atoms with Crippen LogP contribution in [-0.2, 0) is 4.79 Å². The summed E-state index contributed by atoms with van der Waals surface area (Å²) < 4.78 is 0. The third-order valence-electron chi connectivity index (χ3n) is 2.74. The van der Waals surface area contributed by atoms with Crippen LogP contribution in [0.1, 0.15) is 18.4 Å². The lowest BCUT2D eigenvalue weighted by Crippen LogP contribution is -2.35. The maximum absolute atomic E-state index is 11.8. The molecule has 0 saturated carbocycles. The summed E-state index contributed by atoms with van der Waals surface area (Å²) >= 11 is 0. The minimum absolute atomic E-state index is 0.0360. The molecule has 1 atom stereocenters. The second-order valence-electron chi connectivity index (χ2n) is 3.96. The second-order valence-corrected chi connectivity index (χ2v) is 3.96. The molecule has 16 heavy (non-hydrogen) atoms. The van der Waals surface area contributed by atoms with Gasteiger partial charge in [0.25, 0.3) is 0 Å². The first-order chi connectivity index (χ1) is 7.68. The number of nitrogens with zero attached hydrogens (tertiary/aromatic N) is 1. The lowest BCUT2D eigenvalue weighted by Gasteiger charge is -2.11. The van der Waals surface area contributed by atoms with E-state index in [1.54, 1.807) is 19.2 Å². The summed E-state index contributed by atoms with van der Waals surface area (Å²) in [5.74, 6) is 0.137. The summed E-state index contributed by atoms with van der Waals surface area (Å²) in [4.78, 5) is 15.7. The van der Waals surface area contributed by atoms with Gasteiger partial charge in [-0.05, 0) is 37.9 Å². The van der Waals surface area contributed by atoms with Crippen molar-refractivity contribution in [1.82, 2.24) is 10.3 Å². The maximum Gasteiger partial charge on any atom is 0.242 e. The van der Waals surface area contributed by atoms with Gasteiger partial charge < -0.3 is 15.7 Å². The molecule has 86 valence electrons. The van der Waals surface area contributed by atoms with Gasteiger partial charge in [0.15, 0.2) is 11.6 Å². The van der Waals surface area contributed by atoms with Gasteiger partial charge in [-0.1, -0.05) is 0 Å². The first-order valence-electron chi connectivity index (χ1n) is 5.37. The molecule has 5 nitrogen and oxygen atoms in total. The molecule has 0 bridgehead atoms. The lowest BCUT2D eigenvalue weighted by molar-refractivity contribution is -0.117. The Kier molecular flexibility index (Phi) is 3.05. The van der Waals surface area contributed by atoms with E-state index in [1.807, 2.05) is 0 Å². The Bertz CT molecular complexity index is 400. The predicted molar refractivity (Wildman–Crippen MR) is 60.3 cm³/mol. The molecule has 3 N–H and O–H groups in total. The third-order valence-corrected chi connectivity index (χ3v) is 2.74. The molecule has 2 rings (SSSR count). The Morgan fingerprint density at radius 1 is 1.69 bits per heavy atom. The van der Waals surface area contributed by atoms with Crippen LogP contribution in [0.2, 0.25) is 0 Å². The number of rotatable bonds is 2. The SMILES string of the molecule is Cc1ccnc(NC(=O)C2CCCN2)c1O. The molecule has 1 amide bonds. The van der Waals surface area contributed by atoms with E-state index in [1.165, 1.54) is 0 Å². The van der Waals surface area contributed by atoms with E-state index in [0.29, 0.717) is 5.56 Å². The number of amides is 1. The van der Waals surface area contributed by atoms with Crippen molar-refractivity contribution in [3.63, 3.8) is 0 Å². The van der Waals surface area contributed by atoms with Gasteiger partial charge in [0.05, 0.1) is 6.04 Å². The molecule has 1 aromatic rings. The average molecular weight is 221 g/mol. The molecule has 5 heteroatoms. The molecule has 1 saturated heterocycles. The Morgan fingerprint density at radius 2 is 2.50 bits per heavy atom. The highest BCUT2D eigenvalue weighted by atomic mass is 16.3. The quantitative estimate of drug-likeness (QED) is 0.690. The molecule has 0 radical (unpaired) electrons. The Morgan fingerprint density at radius 3 is 3.19 bits per heavy atom. The maximum atomic E-state index is 11.8. The summed E-state index contributed by atoms with van der Waals surface area (Å²) in [5.41, 5.74) is 0.699. The van der Waals surface area contributed by atoms with Crippen LogP contribution in [0.25, 0.3) is 0 Å². The van der Waals surface area contributed by atoms with Crippen molar-refractivity contribution in [2.75, 3.05) is 11.9 Å². The fourth-order valence-corrected chi connectivity index (χ4v) is 1.75. The monoisotopic (exact) mass is 221 g/mol. The number of hydrogen-bond donors (Lipinski definition) is 3. The topological polar surface area (TPSA) is 74.2 Å². The van der Waals surface area contributed by atoms with Crippen LogP contribution in [0.15, 0.2) is 12.3 Å². The van der Waals surface area contributed by atoms with Crippen molar-refractivity contribution in [2.24, 2.45) is 0 Å². The summed E-state index contributed by atoms with van der Waals surface area (Å²) in [6.07, 6.45) is 3.40. The molecule has 1 aliphatic heterocycles. The third kappa shape index (κ3) is 2.14. The van der Waals surface area contributed by atoms with Gasteiger partial charge in [-0.15, -0.1) is 0 Å². The molecule has 0 aliphatic carbocycles. The molecule has 1 unspecified atom stereocenters. The van der Waals surface area contributed by atoms with Crippen LogP contribution in [0.4, 0.5) is 5.82 Å². The van der Waals surface area contributed by atoms with Gasteiger partial charge in [0.2, 0.25) is 5.91 Å². The molecule has 1 aliphatic rings. The standard InChI is InChI=1S/C11H15N3O2/c1-7-4-6-13-10(9(7)15)14-11(16)8-3-2-5-12-8/h4,6,8,12,15H,2-3,5H2,1H3,(H,13,14,16). The molecule has 0 aromatic carbocycles. The minimum Gasteiger partial charge on any atom is -0.504 e. The zero-order valence-electron chi connectivity index (χ0n) is 9.16. The van der Waals surface area contributed by atoms with Gasteiger partial charge in [-0.25, -0.2) is 4.98 Å². The zero-order chi connectivity index (χ0) is 11.5. The van der Waals surface area contributed by atoms with E-state index in [0.717, 1.165) is 19.4 Å². The second kappa shape index (κ2) is 4.49. The number of aryl methyl sites for hydroxylation is 1. The van der Waals surface area contributed by atoms with E-state index >= 15 is 0 Å². The fraction of sp³-hybridized carbons (Fsp3) is 0.455. The summed E-state index contributed by atoms with van der Waals surface area (Å²) in [6, 6.07) is 1.53. The largest absolute Gasteiger partial charge is 0.504 e. The summed E-state index contributed by atoms with van der Waals surface area (Å²) in [7, 11) is 0. The number of carbonyl (C=O) groups excluding carboxylic acids is 1. The highest BCUT2D eigenvalue weighted by Gasteiger charge is 2.23. The number of carbonyl (C=O) groups is 1. The van der Waals surface area contributed by atoms with Gasteiger partial charge in [0, 0.05) is 6.20 Å². The van der Waals surface area contributed by atoms with Crippen LogP contribution in [0.5, 0.6) is 5.75 Å². The predicted octanol–water partition coefficient (Wildman–Crippen LogP) is 0.786.